The summed E-state index contributed by atoms with van der Waals surface area (Å²) < 4.78 is 0. The van der Waals surface area contributed by atoms with Crippen LogP contribution in [0.25, 0.3) is 43.6 Å². The fourth-order valence-electron chi connectivity index (χ4n) is 6.12. The van der Waals surface area contributed by atoms with E-state index < -0.39 is 23.9 Å². The molecule has 6 aromatic carbocycles. The van der Waals surface area contributed by atoms with Crippen molar-refractivity contribution < 1.29 is 79.2 Å². The predicted molar refractivity (Wildman–Crippen MR) is 260 cm³/mol. The van der Waals surface area contributed by atoms with Crippen molar-refractivity contribution in [1.29, 1.82) is 0 Å². The predicted octanol–water partition coefficient (Wildman–Crippen LogP) is 6.17. The molecule has 0 saturated carbocycles. The summed E-state index contributed by atoms with van der Waals surface area (Å²) >= 11 is 0. The van der Waals surface area contributed by atoms with Gasteiger partial charge in [-0.1, -0.05) is 168 Å². The number of rotatable bonds is 4. The van der Waals surface area contributed by atoms with Crippen LogP contribution in [0, 0.1) is 27.7 Å². The molecule has 360 valence electrons. The molecule has 10 rings (SSSR count). The van der Waals surface area contributed by atoms with Crippen LogP contribution >= 0.6 is 0 Å². The molecule has 4 aromatic heterocycles. The molecule has 71 heavy (non-hydrogen) atoms. The molecule has 10 aromatic rings. The van der Waals surface area contributed by atoms with Crippen LogP contribution in [0.5, 0.6) is 0 Å². The van der Waals surface area contributed by atoms with Crippen molar-refractivity contribution in [1.82, 2.24) is 19.9 Å². The van der Waals surface area contributed by atoms with Crippen molar-refractivity contribution in [3.8, 4) is 0 Å². The van der Waals surface area contributed by atoms with E-state index in [0.29, 0.717) is 0 Å². The molecule has 0 bridgehead atoms. The van der Waals surface area contributed by atoms with E-state index in [1.165, 1.54) is 48.5 Å². The fraction of sp³-hybridized carbons (Fsp3) is 0.0714. The summed E-state index contributed by atoms with van der Waals surface area (Å²) in [5.74, 6) is -4.50. The standard InChI is InChI=1S/2C12H8N2.4C8H8O2.2Fe.H2O/c2*1-3-9-5-6-10-4-2-8-14-12(10)11(9)13-7-1;4*1-6-2-4-7(5-3-6)8(9)10;;;/h2*1-8H;4*2-5H,1H3,(H,9,10);;;1H2/q;;;;;;2*+2;/p-4. The second-order valence-corrected chi connectivity index (χ2v) is 15.0. The summed E-state index contributed by atoms with van der Waals surface area (Å²) in [6, 6.07) is 50.5. The summed E-state index contributed by atoms with van der Waals surface area (Å²) in [6.07, 6.45) is 7.21. The number of hydrogen-bond donors (Lipinski definition) is 0. The molecule has 0 aliphatic rings. The summed E-state index contributed by atoms with van der Waals surface area (Å²) in [6.45, 7) is 7.61. The first-order valence-electron chi connectivity index (χ1n) is 21.0. The van der Waals surface area contributed by atoms with Crippen molar-refractivity contribution in [2.75, 3.05) is 0 Å². The van der Waals surface area contributed by atoms with E-state index in [1.807, 2.05) is 52.0 Å². The number of aryl methyl sites for hydroxylation is 4. The van der Waals surface area contributed by atoms with Crippen LogP contribution in [-0.2, 0) is 34.1 Å². The van der Waals surface area contributed by atoms with Crippen LogP contribution in [0.2, 0.25) is 0 Å². The summed E-state index contributed by atoms with van der Waals surface area (Å²) in [7, 11) is 0. The van der Waals surface area contributed by atoms with Gasteiger partial charge in [0.2, 0.25) is 0 Å². The van der Waals surface area contributed by atoms with Gasteiger partial charge in [0.25, 0.3) is 0 Å². The van der Waals surface area contributed by atoms with Gasteiger partial charge in [0, 0.05) is 46.3 Å². The number of fused-ring (bicyclic) bond motifs is 6. The molecule has 0 unspecified atom stereocenters. The minimum absolute atomic E-state index is 0. The van der Waals surface area contributed by atoms with E-state index in [0.717, 1.165) is 65.9 Å². The average molecular weight is 1030 g/mol. The molecule has 0 radical (unpaired) electrons. The van der Waals surface area contributed by atoms with Gasteiger partial charge in [-0.15, -0.1) is 0 Å². The van der Waals surface area contributed by atoms with Crippen LogP contribution in [0.4, 0.5) is 0 Å². The molecule has 0 aliphatic carbocycles. The van der Waals surface area contributed by atoms with E-state index in [2.05, 4.69) is 68.5 Å². The Morgan fingerprint density at radius 2 is 0.465 bits per heavy atom. The largest absolute Gasteiger partial charge is 2.00 e. The first-order chi connectivity index (χ1) is 32.7. The normalized spacial score (nSPS) is 9.52. The van der Waals surface area contributed by atoms with E-state index in [4.69, 9.17) is 0 Å². The van der Waals surface area contributed by atoms with Crippen LogP contribution in [-0.4, -0.2) is 49.3 Å². The van der Waals surface area contributed by atoms with Gasteiger partial charge >= 0.3 is 34.1 Å². The third-order valence-corrected chi connectivity index (χ3v) is 9.84. The van der Waals surface area contributed by atoms with Gasteiger partial charge in [-0.3, -0.25) is 19.9 Å². The van der Waals surface area contributed by atoms with Gasteiger partial charge in [-0.2, -0.15) is 0 Å². The number of hydrogen-bond acceptors (Lipinski definition) is 12. The van der Waals surface area contributed by atoms with E-state index in [-0.39, 0.29) is 61.9 Å². The Bertz CT molecular complexity index is 2840. The zero-order valence-electron chi connectivity index (χ0n) is 38.7. The maximum absolute atomic E-state index is 10.2. The number of carbonyl (C=O) groups excluding carboxylic acids is 4. The molecule has 0 saturated heterocycles. The topological polar surface area (TPSA) is 244 Å². The molecule has 13 nitrogen and oxygen atoms in total. The van der Waals surface area contributed by atoms with Crippen LogP contribution < -0.4 is 20.4 Å². The maximum atomic E-state index is 10.2. The Balaban J connectivity index is 0.000000292. The SMILES string of the molecule is Cc1ccc(C(=O)[O-])cc1.Cc1ccc(C(=O)[O-])cc1.Cc1ccc(C(=O)[O-])cc1.Cc1ccc(C(=O)[O-])cc1.O.[Fe+2].[Fe+2].c1cnc2c(c1)ccc1cccnc12.c1cnc2c(c1)ccc1cccnc12. The number of benzene rings is 6. The monoisotopic (exact) mass is 1030 g/mol. The van der Waals surface area contributed by atoms with E-state index >= 15 is 0 Å². The second-order valence-electron chi connectivity index (χ2n) is 15.0. The van der Waals surface area contributed by atoms with Gasteiger partial charge < -0.3 is 45.1 Å². The van der Waals surface area contributed by atoms with Crippen molar-refractivity contribution in [3.63, 3.8) is 0 Å². The van der Waals surface area contributed by atoms with Crippen LogP contribution in [0.15, 0.2) is 195 Å². The first kappa shape index (κ1) is 59.0. The smallest absolute Gasteiger partial charge is 0.545 e. The Kier molecular flexibility index (Phi) is 24.6. The number of aromatic carboxylic acids is 4. The van der Waals surface area contributed by atoms with Crippen LogP contribution in [0.3, 0.4) is 0 Å². The number of aromatic nitrogens is 4. The molecule has 2 N–H and O–H groups in total. The Hall–Kier alpha value is -8.16. The number of nitrogens with zero attached hydrogens (tertiary/aromatic N) is 4. The molecule has 0 amide bonds. The number of carboxylic acid groups (broad SMARTS) is 4. The number of pyridine rings is 4. The first-order valence-corrected chi connectivity index (χ1v) is 21.0. The number of carboxylic acids is 4. The van der Waals surface area contributed by atoms with Gasteiger partial charge in [-0.05, 0) is 74.2 Å². The third kappa shape index (κ3) is 18.4. The molecule has 0 atom stereocenters. The molecule has 0 spiro atoms. The van der Waals surface area contributed by atoms with Gasteiger partial charge in [0.05, 0.1) is 45.9 Å². The van der Waals surface area contributed by atoms with Crippen molar-refractivity contribution in [2.45, 2.75) is 27.7 Å². The Labute approximate surface area is 431 Å². The summed E-state index contributed by atoms with van der Waals surface area (Å²) in [5, 5.41) is 45.4. The Morgan fingerprint density at radius 3 is 0.620 bits per heavy atom. The molecule has 4 heterocycles. The zero-order chi connectivity index (χ0) is 49.0. The van der Waals surface area contributed by atoms with Crippen LogP contribution in [0.1, 0.15) is 63.7 Å². The third-order valence-electron chi connectivity index (χ3n) is 9.84. The second kappa shape index (κ2) is 29.7. The average Bonchev–Trinajstić information content (AvgIpc) is 3.35. The van der Waals surface area contributed by atoms with E-state index in [9.17, 15) is 39.6 Å². The van der Waals surface area contributed by atoms with Crippen molar-refractivity contribution in [3.05, 3.63) is 239 Å². The van der Waals surface area contributed by atoms with Gasteiger partial charge in [-0.25, -0.2) is 0 Å². The Morgan fingerprint density at radius 1 is 0.296 bits per heavy atom. The van der Waals surface area contributed by atoms with E-state index in [1.54, 1.807) is 73.3 Å². The van der Waals surface area contributed by atoms with Crippen molar-refractivity contribution >= 4 is 67.5 Å². The fourth-order valence-corrected chi connectivity index (χ4v) is 6.12. The molecule has 0 aliphatic heterocycles. The minimum atomic E-state index is -1.12. The zero-order valence-corrected chi connectivity index (χ0v) is 40.9. The number of carbonyl (C=O) groups is 4. The van der Waals surface area contributed by atoms with Gasteiger partial charge in [0.1, 0.15) is 0 Å². The molecular formula is C56H46Fe2N4O9. The maximum Gasteiger partial charge on any atom is 2.00 e. The van der Waals surface area contributed by atoms with Gasteiger partial charge in [0.15, 0.2) is 0 Å². The summed E-state index contributed by atoms with van der Waals surface area (Å²) in [4.78, 5) is 58.2. The molecular weight excluding hydrogens is 984 g/mol. The molecule has 0 fully saturated rings. The molecule has 15 heteroatoms. The quantitative estimate of drug-likeness (QED) is 0.142. The van der Waals surface area contributed by atoms with Crippen molar-refractivity contribution in [2.24, 2.45) is 0 Å². The minimum Gasteiger partial charge on any atom is -0.545 e. The summed E-state index contributed by atoms with van der Waals surface area (Å²) in [5.41, 5.74) is 9.00.